The van der Waals surface area contributed by atoms with Crippen LogP contribution < -0.4 is 0 Å². The zero-order valence-corrected chi connectivity index (χ0v) is 6.93. The zero-order chi connectivity index (χ0) is 9.30. The fourth-order valence-electron chi connectivity index (χ4n) is 1.13. The molecule has 1 heterocycles. The number of rotatable bonds is 1. The molecule has 5 nitrogen and oxygen atoms in total. The Hall–Kier alpha value is -0.650. The highest BCUT2D eigenvalue weighted by Gasteiger charge is 2.42. The molecule has 0 aliphatic carbocycles. The third-order valence-electron chi connectivity index (χ3n) is 1.75. The maximum atomic E-state index is 10.5. The Labute approximate surface area is 69.9 Å². The first-order valence-electron chi connectivity index (χ1n) is 3.71. The van der Waals surface area contributed by atoms with Crippen molar-refractivity contribution in [2.24, 2.45) is 0 Å². The van der Waals surface area contributed by atoms with E-state index in [0.29, 0.717) is 0 Å². The number of aliphatic hydroxyl groups is 2. The number of carbonyl (C=O) groups excluding carboxylic acids is 1. The minimum Gasteiger partial charge on any atom is -0.454 e. The summed E-state index contributed by atoms with van der Waals surface area (Å²) in [6.45, 7) is 2.81. The monoisotopic (exact) mass is 176 g/mol. The lowest BCUT2D eigenvalue weighted by Crippen LogP contribution is -2.35. The third kappa shape index (κ3) is 1.74. The lowest BCUT2D eigenvalue weighted by molar-refractivity contribution is -0.169. The van der Waals surface area contributed by atoms with Gasteiger partial charge in [0.15, 0.2) is 12.4 Å². The van der Waals surface area contributed by atoms with E-state index in [-0.39, 0.29) is 0 Å². The van der Waals surface area contributed by atoms with E-state index in [2.05, 4.69) is 4.74 Å². The quantitative estimate of drug-likeness (QED) is 0.502. The number of ether oxygens (including phenoxy) is 2. The highest BCUT2D eigenvalue weighted by molar-refractivity contribution is 5.66. The lowest BCUT2D eigenvalue weighted by atomic mass is 10.1. The van der Waals surface area contributed by atoms with Gasteiger partial charge in [-0.3, -0.25) is 4.79 Å². The Bertz CT molecular complexity index is 181. The molecule has 0 amide bonds. The number of hydrogen-bond acceptors (Lipinski definition) is 5. The summed E-state index contributed by atoms with van der Waals surface area (Å²) >= 11 is 0. The molecule has 0 spiro atoms. The van der Waals surface area contributed by atoms with Gasteiger partial charge in [0.05, 0.1) is 6.10 Å². The van der Waals surface area contributed by atoms with E-state index in [1.54, 1.807) is 6.92 Å². The van der Waals surface area contributed by atoms with Crippen LogP contribution in [0.1, 0.15) is 13.8 Å². The lowest BCUT2D eigenvalue weighted by Gasteiger charge is -2.15. The SMILES string of the molecule is CC(=O)O[C@@H]1[C@H](O)[C@@H](C)O[C@H]1O. The van der Waals surface area contributed by atoms with Crippen LogP contribution >= 0.6 is 0 Å². The Morgan fingerprint density at radius 1 is 1.50 bits per heavy atom. The van der Waals surface area contributed by atoms with E-state index >= 15 is 0 Å². The maximum absolute atomic E-state index is 10.5. The molecule has 0 aromatic carbocycles. The minimum absolute atomic E-state index is 0.510. The van der Waals surface area contributed by atoms with Crippen LogP contribution in [0.25, 0.3) is 0 Å². The van der Waals surface area contributed by atoms with Crippen molar-refractivity contribution in [3.8, 4) is 0 Å². The summed E-state index contributed by atoms with van der Waals surface area (Å²) in [5.41, 5.74) is 0. The fraction of sp³-hybridized carbons (Fsp3) is 0.857. The molecule has 0 aromatic heterocycles. The van der Waals surface area contributed by atoms with E-state index < -0.39 is 30.6 Å². The van der Waals surface area contributed by atoms with Gasteiger partial charge in [0.2, 0.25) is 0 Å². The van der Waals surface area contributed by atoms with Crippen molar-refractivity contribution in [1.29, 1.82) is 0 Å². The van der Waals surface area contributed by atoms with Gasteiger partial charge in [-0.2, -0.15) is 0 Å². The smallest absolute Gasteiger partial charge is 0.303 e. The Morgan fingerprint density at radius 2 is 2.08 bits per heavy atom. The zero-order valence-electron chi connectivity index (χ0n) is 6.93. The number of esters is 1. The van der Waals surface area contributed by atoms with Crippen molar-refractivity contribution in [3.63, 3.8) is 0 Å². The van der Waals surface area contributed by atoms with Gasteiger partial charge in [0, 0.05) is 6.92 Å². The molecule has 1 fully saturated rings. The molecule has 1 aliphatic heterocycles. The minimum atomic E-state index is -1.22. The molecule has 2 N–H and O–H groups in total. The van der Waals surface area contributed by atoms with Gasteiger partial charge in [-0.15, -0.1) is 0 Å². The summed E-state index contributed by atoms with van der Waals surface area (Å²) in [6.07, 6.45) is -3.65. The molecule has 4 atom stereocenters. The summed E-state index contributed by atoms with van der Waals surface area (Å²) < 4.78 is 9.46. The third-order valence-corrected chi connectivity index (χ3v) is 1.75. The van der Waals surface area contributed by atoms with Gasteiger partial charge >= 0.3 is 5.97 Å². The highest BCUT2D eigenvalue weighted by Crippen LogP contribution is 2.21. The predicted molar refractivity (Wildman–Crippen MR) is 38.1 cm³/mol. The molecule has 0 unspecified atom stereocenters. The fourth-order valence-corrected chi connectivity index (χ4v) is 1.13. The predicted octanol–water partition coefficient (Wildman–Crippen LogP) is -0.984. The molecular formula is C7H12O5. The average molecular weight is 176 g/mol. The van der Waals surface area contributed by atoms with E-state index in [1.165, 1.54) is 6.92 Å². The van der Waals surface area contributed by atoms with Crippen LogP contribution in [0, 0.1) is 0 Å². The van der Waals surface area contributed by atoms with Crippen LogP contribution in [-0.2, 0) is 14.3 Å². The summed E-state index contributed by atoms with van der Waals surface area (Å²) in [7, 11) is 0. The van der Waals surface area contributed by atoms with Crippen molar-refractivity contribution in [2.75, 3.05) is 0 Å². The topological polar surface area (TPSA) is 76.0 Å². The number of aliphatic hydroxyl groups excluding tert-OH is 2. The largest absolute Gasteiger partial charge is 0.454 e. The van der Waals surface area contributed by atoms with Crippen LogP contribution in [0.4, 0.5) is 0 Å². The van der Waals surface area contributed by atoms with Crippen molar-refractivity contribution in [1.82, 2.24) is 0 Å². The molecule has 1 saturated heterocycles. The first-order valence-corrected chi connectivity index (χ1v) is 3.71. The maximum Gasteiger partial charge on any atom is 0.303 e. The van der Waals surface area contributed by atoms with Crippen molar-refractivity contribution >= 4 is 5.97 Å². The molecule has 5 heteroatoms. The first-order chi connectivity index (χ1) is 5.52. The standard InChI is InChI=1S/C7H12O5/c1-3-5(9)6(7(10)11-3)12-4(2)8/h3,5-7,9-10H,1-2H3/t3-,5-,6-,7-/m1/s1. The summed E-state index contributed by atoms with van der Waals surface area (Å²) in [4.78, 5) is 10.5. The van der Waals surface area contributed by atoms with Crippen molar-refractivity contribution < 1.29 is 24.5 Å². The second kappa shape index (κ2) is 3.38. The van der Waals surface area contributed by atoms with Crippen LogP contribution in [0.5, 0.6) is 0 Å². The number of hydrogen-bond donors (Lipinski definition) is 2. The summed E-state index contributed by atoms with van der Waals surface area (Å²) in [6, 6.07) is 0. The first kappa shape index (κ1) is 9.44. The molecule has 1 rings (SSSR count). The van der Waals surface area contributed by atoms with E-state index in [4.69, 9.17) is 9.84 Å². The van der Waals surface area contributed by atoms with Gasteiger partial charge in [-0.25, -0.2) is 0 Å². The number of carbonyl (C=O) groups is 1. The summed E-state index contributed by atoms with van der Waals surface area (Å²) in [5, 5.41) is 18.4. The van der Waals surface area contributed by atoms with Gasteiger partial charge in [0.1, 0.15) is 6.10 Å². The van der Waals surface area contributed by atoms with Crippen LogP contribution in [-0.4, -0.2) is 40.8 Å². The van der Waals surface area contributed by atoms with Crippen LogP contribution in [0.2, 0.25) is 0 Å². The van der Waals surface area contributed by atoms with Crippen molar-refractivity contribution in [2.45, 2.75) is 38.4 Å². The molecule has 0 radical (unpaired) electrons. The van der Waals surface area contributed by atoms with E-state index in [1.807, 2.05) is 0 Å². The highest BCUT2D eigenvalue weighted by atomic mass is 16.7. The van der Waals surface area contributed by atoms with Crippen molar-refractivity contribution in [3.05, 3.63) is 0 Å². The second-order valence-corrected chi connectivity index (χ2v) is 2.80. The molecule has 1 aliphatic rings. The molecular weight excluding hydrogens is 164 g/mol. The van der Waals surface area contributed by atoms with Gasteiger partial charge < -0.3 is 19.7 Å². The normalized spacial score (nSPS) is 41.3. The average Bonchev–Trinajstić information content (AvgIpc) is 2.16. The molecule has 0 bridgehead atoms. The molecule has 70 valence electrons. The second-order valence-electron chi connectivity index (χ2n) is 2.80. The van der Waals surface area contributed by atoms with Gasteiger partial charge in [0.25, 0.3) is 0 Å². The van der Waals surface area contributed by atoms with Gasteiger partial charge in [-0.05, 0) is 6.92 Å². The summed E-state index contributed by atoms with van der Waals surface area (Å²) in [5.74, 6) is -0.546. The Kier molecular flexibility index (Phi) is 2.66. The molecule has 0 saturated carbocycles. The Morgan fingerprint density at radius 3 is 2.42 bits per heavy atom. The Balaban J connectivity index is 2.57. The van der Waals surface area contributed by atoms with Gasteiger partial charge in [-0.1, -0.05) is 0 Å². The van der Waals surface area contributed by atoms with Crippen LogP contribution in [0.15, 0.2) is 0 Å². The van der Waals surface area contributed by atoms with E-state index in [0.717, 1.165) is 0 Å². The molecule has 12 heavy (non-hydrogen) atoms. The van der Waals surface area contributed by atoms with E-state index in [9.17, 15) is 9.90 Å². The van der Waals surface area contributed by atoms with Crippen LogP contribution in [0.3, 0.4) is 0 Å². The molecule has 0 aromatic rings.